The number of amides is 1. The number of likely N-dealkylation sites (N-methyl/N-ethyl adjacent to an activating group) is 1. The Morgan fingerprint density at radius 2 is 1.91 bits per heavy atom. The molecule has 1 amide bonds. The molecule has 1 saturated heterocycles. The third-order valence-electron chi connectivity index (χ3n) is 5.20. The van der Waals surface area contributed by atoms with Crippen LogP contribution in [0.2, 0.25) is 0 Å². The van der Waals surface area contributed by atoms with Crippen LogP contribution in [0.25, 0.3) is 0 Å². The van der Waals surface area contributed by atoms with Crippen LogP contribution in [0.15, 0.2) is 41.9 Å². The molecule has 1 fully saturated rings. The number of hydrogen-bond acceptors (Lipinski definition) is 10. The summed E-state index contributed by atoms with van der Waals surface area (Å²) in [7, 11) is -0.0198. The number of anilines is 1. The van der Waals surface area contributed by atoms with Crippen molar-refractivity contribution in [1.29, 1.82) is 0 Å². The van der Waals surface area contributed by atoms with E-state index in [1.165, 1.54) is 37.1 Å². The first kappa shape index (κ1) is 29.1. The van der Waals surface area contributed by atoms with Crippen molar-refractivity contribution in [3.8, 4) is 11.5 Å². The number of benzene rings is 1. The maximum Gasteiger partial charge on any atom is 1.00 e. The molecule has 35 heavy (non-hydrogen) atoms. The molecule has 0 unspecified atom stereocenters. The monoisotopic (exact) mass is 533 g/mol. The Morgan fingerprint density at radius 1 is 1.20 bits per heavy atom. The summed E-state index contributed by atoms with van der Waals surface area (Å²) in [6.45, 7) is 0.133. The molecule has 0 spiro atoms. The summed E-state index contributed by atoms with van der Waals surface area (Å²) >= 11 is 5.27. The summed E-state index contributed by atoms with van der Waals surface area (Å²) in [6.07, 6.45) is 3.65. The van der Waals surface area contributed by atoms with Crippen molar-refractivity contribution >= 4 is 45.0 Å². The van der Waals surface area contributed by atoms with Gasteiger partial charge in [0, 0.05) is 31.5 Å². The summed E-state index contributed by atoms with van der Waals surface area (Å²) in [5, 5.41) is 0.163. The third kappa shape index (κ3) is 6.96. The second-order valence-electron chi connectivity index (χ2n) is 7.42. The van der Waals surface area contributed by atoms with Crippen LogP contribution >= 0.6 is 12.2 Å². The summed E-state index contributed by atoms with van der Waals surface area (Å²) in [5.41, 5.74) is 0.882. The van der Waals surface area contributed by atoms with E-state index in [9.17, 15) is 22.6 Å². The molecule has 0 atom stereocenters. The predicted octanol–water partition coefficient (Wildman–Crippen LogP) is -1.82. The minimum Gasteiger partial charge on any atom is -0.748 e. The van der Waals surface area contributed by atoms with Gasteiger partial charge in [0.1, 0.15) is 18.0 Å². The van der Waals surface area contributed by atoms with Gasteiger partial charge in [0.2, 0.25) is 5.88 Å². The van der Waals surface area contributed by atoms with Crippen molar-refractivity contribution < 1.29 is 66.3 Å². The number of carbonyl (C=O) groups excluding carboxylic acids is 2. The number of thiocarbonyl (C=S) groups is 1. The first-order valence-electron chi connectivity index (χ1n) is 10.2. The molecule has 0 bridgehead atoms. The van der Waals surface area contributed by atoms with Crippen LogP contribution in [0.4, 0.5) is 5.69 Å². The van der Waals surface area contributed by atoms with Crippen LogP contribution in [0.5, 0.6) is 11.5 Å². The van der Waals surface area contributed by atoms with Gasteiger partial charge in [-0.3, -0.25) is 14.5 Å². The average Bonchev–Trinajstić information content (AvgIpc) is 3.24. The number of methoxy groups -OCH3 is 2. The quantitative estimate of drug-likeness (QED) is 0.0889. The average molecular weight is 534 g/mol. The van der Waals surface area contributed by atoms with Gasteiger partial charge in [0.15, 0.2) is 10.9 Å². The van der Waals surface area contributed by atoms with Crippen LogP contribution < -0.4 is 43.9 Å². The van der Waals surface area contributed by atoms with Gasteiger partial charge in [-0.25, -0.2) is 8.42 Å². The number of esters is 1. The zero-order chi connectivity index (χ0) is 25.0. The molecule has 2 heterocycles. The first-order chi connectivity index (χ1) is 16.1. The van der Waals surface area contributed by atoms with E-state index >= 15 is 0 Å². The van der Waals surface area contributed by atoms with Crippen molar-refractivity contribution in [1.82, 2.24) is 9.80 Å². The molecule has 2 aliphatic rings. The fourth-order valence-corrected chi connectivity index (χ4v) is 4.24. The number of allylic oxidation sites excluding steroid dienone is 2. The molecule has 0 N–H and O–H groups in total. The predicted molar refractivity (Wildman–Crippen MR) is 125 cm³/mol. The standard InChI is InChI=1S/C21H25N3O8S2.Na/c1-22-20(26)16(24(21(22)33)13-19(25)31-3)8-9-18-23(10-4-5-11-34(27,28)29)15-7-6-14(30-2)12-17(15)32-18;/h6-9,12H,4-5,10-11,13H2,1-3H3,(H,27,28,29);/q;+1/p-1. The van der Waals surface area contributed by atoms with Crippen LogP contribution in [-0.2, 0) is 24.4 Å². The van der Waals surface area contributed by atoms with Gasteiger partial charge < -0.3 is 28.6 Å². The van der Waals surface area contributed by atoms with E-state index < -0.39 is 27.7 Å². The summed E-state index contributed by atoms with van der Waals surface area (Å²) < 4.78 is 48.6. The summed E-state index contributed by atoms with van der Waals surface area (Å²) in [4.78, 5) is 28.9. The SMILES string of the molecule is COC(=O)CN1C(=S)N(C)C(=O)C1=CC=C1Oc2cc(OC)ccc2N1CCCCS(=O)(=O)[O-].[Na+]. The number of unbranched alkanes of at least 4 members (excludes halogenated alkanes) is 1. The van der Waals surface area contributed by atoms with E-state index in [2.05, 4.69) is 0 Å². The second kappa shape index (κ2) is 12.2. The van der Waals surface area contributed by atoms with Crippen molar-refractivity contribution in [2.24, 2.45) is 0 Å². The van der Waals surface area contributed by atoms with Crippen LogP contribution in [0.3, 0.4) is 0 Å². The normalized spacial score (nSPS) is 17.5. The number of nitrogens with zero attached hydrogens (tertiary/aromatic N) is 3. The molecule has 3 rings (SSSR count). The Hall–Kier alpha value is -2.16. The van der Waals surface area contributed by atoms with Crippen molar-refractivity contribution in [2.45, 2.75) is 12.8 Å². The second-order valence-corrected chi connectivity index (χ2v) is 9.31. The minimum absolute atomic E-state index is 0. The molecule has 0 saturated carbocycles. The van der Waals surface area contributed by atoms with Gasteiger partial charge in [0.05, 0.1) is 30.0 Å². The Kier molecular flexibility index (Phi) is 10.1. The minimum atomic E-state index is -4.30. The molecule has 2 aliphatic heterocycles. The van der Waals surface area contributed by atoms with Crippen molar-refractivity contribution in [3.63, 3.8) is 0 Å². The molecule has 1 aromatic rings. The molecule has 0 radical (unpaired) electrons. The molecular formula is C21H24N3NaO8S2. The van der Waals surface area contributed by atoms with Crippen LogP contribution in [-0.4, -0.2) is 79.9 Å². The maximum atomic E-state index is 12.7. The molecular weight excluding hydrogens is 509 g/mol. The summed E-state index contributed by atoms with van der Waals surface area (Å²) in [6, 6.07) is 5.25. The van der Waals surface area contributed by atoms with Crippen molar-refractivity contribution in [3.05, 3.63) is 41.9 Å². The zero-order valence-corrected chi connectivity index (χ0v) is 23.5. The Labute approximate surface area is 231 Å². The number of rotatable bonds is 9. The van der Waals surface area contributed by atoms with Crippen LogP contribution in [0, 0.1) is 0 Å². The third-order valence-corrected chi connectivity index (χ3v) is 6.48. The summed E-state index contributed by atoms with van der Waals surface area (Å²) in [5.74, 6) is 0.0500. The molecule has 184 valence electrons. The van der Waals surface area contributed by atoms with Crippen molar-refractivity contribution in [2.75, 3.05) is 45.0 Å². The fourth-order valence-electron chi connectivity index (χ4n) is 3.43. The van der Waals surface area contributed by atoms with Gasteiger partial charge in [-0.05, 0) is 43.3 Å². The Bertz CT molecular complexity index is 1170. The van der Waals surface area contributed by atoms with E-state index in [0.717, 1.165) is 0 Å². The van der Waals surface area contributed by atoms with E-state index in [1.807, 2.05) is 0 Å². The van der Waals surface area contributed by atoms with Gasteiger partial charge >= 0.3 is 35.5 Å². The molecule has 0 aromatic heterocycles. The maximum absolute atomic E-state index is 12.7. The van der Waals surface area contributed by atoms with E-state index in [0.29, 0.717) is 36.0 Å². The topological polar surface area (TPSA) is 129 Å². The van der Waals surface area contributed by atoms with E-state index in [4.69, 9.17) is 26.4 Å². The molecule has 1 aromatic carbocycles. The zero-order valence-electron chi connectivity index (χ0n) is 19.8. The van der Waals surface area contributed by atoms with E-state index in [1.54, 1.807) is 29.2 Å². The number of fused-ring (bicyclic) bond motifs is 1. The molecule has 0 aliphatic carbocycles. The fraction of sp³-hybridized carbons (Fsp3) is 0.381. The van der Waals surface area contributed by atoms with Gasteiger partial charge in [-0.15, -0.1) is 0 Å². The molecule has 14 heteroatoms. The number of ether oxygens (including phenoxy) is 3. The number of carbonyl (C=O) groups is 2. The van der Waals surface area contributed by atoms with Gasteiger partial charge in [0.25, 0.3) is 5.91 Å². The van der Waals surface area contributed by atoms with Gasteiger partial charge in [-0.1, -0.05) is 0 Å². The Morgan fingerprint density at radius 3 is 2.54 bits per heavy atom. The van der Waals surface area contributed by atoms with Gasteiger partial charge in [-0.2, -0.15) is 0 Å². The van der Waals surface area contributed by atoms with E-state index in [-0.39, 0.29) is 53.3 Å². The number of hydrogen-bond donors (Lipinski definition) is 0. The first-order valence-corrected chi connectivity index (χ1v) is 12.2. The molecule has 11 nitrogen and oxygen atoms in total. The smallest absolute Gasteiger partial charge is 0.748 e. The Balaban J connectivity index is 0.00000432. The largest absolute Gasteiger partial charge is 1.00 e. The van der Waals surface area contributed by atoms with Crippen LogP contribution in [0.1, 0.15) is 12.8 Å².